The lowest BCUT2D eigenvalue weighted by Gasteiger charge is -2.17. The summed E-state index contributed by atoms with van der Waals surface area (Å²) in [4.78, 5) is 12.3. The average molecular weight is 422 g/mol. The van der Waals surface area contributed by atoms with Crippen LogP contribution in [0.1, 0.15) is 48.9 Å². The van der Waals surface area contributed by atoms with Crippen molar-refractivity contribution >= 4 is 15.9 Å². The molecule has 0 fully saturated rings. The van der Waals surface area contributed by atoms with Gasteiger partial charge < -0.3 is 5.32 Å². The zero-order valence-electron chi connectivity index (χ0n) is 16.2. The smallest absolute Gasteiger partial charge is 0.240 e. The van der Waals surface area contributed by atoms with E-state index in [-0.39, 0.29) is 17.9 Å². The molecule has 1 amide bonds. The van der Waals surface area contributed by atoms with Gasteiger partial charge in [0, 0.05) is 13.0 Å². The maximum absolute atomic E-state index is 13.3. The topological polar surface area (TPSA) is 75.3 Å². The molecule has 1 aliphatic rings. The number of hydrogen-bond donors (Lipinski definition) is 2. The second kappa shape index (κ2) is 9.00. The third kappa shape index (κ3) is 5.39. The molecule has 3 rings (SSSR count). The fraction of sp³-hybridized carbons (Fsp3) is 0.381. The minimum atomic E-state index is -3.70. The Kier molecular flexibility index (Phi) is 6.64. The molecule has 0 heterocycles. The molecule has 8 heteroatoms. The Balaban J connectivity index is 1.53. The Morgan fingerprint density at radius 3 is 2.48 bits per heavy atom. The van der Waals surface area contributed by atoms with Crippen molar-refractivity contribution in [3.05, 3.63) is 64.7 Å². The number of nitrogens with one attached hydrogen (secondary N) is 2. The normalized spacial score (nSPS) is 14.9. The minimum Gasteiger partial charge on any atom is -0.350 e. The number of hydrogen-bond acceptors (Lipinski definition) is 3. The number of carbonyl (C=O) groups is 1. The summed E-state index contributed by atoms with van der Waals surface area (Å²) in [6, 6.07) is 8.05. The summed E-state index contributed by atoms with van der Waals surface area (Å²) in [5, 5.41) is 2.65. The molecule has 0 aromatic heterocycles. The molecule has 0 aliphatic heterocycles. The maximum atomic E-state index is 13.3. The monoisotopic (exact) mass is 422 g/mol. The van der Waals surface area contributed by atoms with Crippen LogP contribution in [0, 0.1) is 11.6 Å². The van der Waals surface area contributed by atoms with E-state index in [4.69, 9.17) is 0 Å². The molecule has 0 saturated heterocycles. The first kappa shape index (κ1) is 21.4. The number of aryl methyl sites for hydroxylation is 2. The van der Waals surface area contributed by atoms with Crippen LogP contribution in [0.2, 0.25) is 0 Å². The molecule has 1 aliphatic carbocycles. The molecule has 5 nitrogen and oxygen atoms in total. The number of rotatable bonds is 7. The minimum absolute atomic E-state index is 0.0598. The third-order valence-electron chi connectivity index (χ3n) is 5.10. The van der Waals surface area contributed by atoms with E-state index in [1.54, 1.807) is 19.1 Å². The zero-order valence-corrected chi connectivity index (χ0v) is 17.0. The van der Waals surface area contributed by atoms with E-state index in [0.717, 1.165) is 43.4 Å². The van der Waals surface area contributed by atoms with E-state index in [9.17, 15) is 22.0 Å². The van der Waals surface area contributed by atoms with E-state index in [1.807, 2.05) is 6.07 Å². The number of amides is 1. The van der Waals surface area contributed by atoms with Crippen molar-refractivity contribution in [2.24, 2.45) is 0 Å². The van der Waals surface area contributed by atoms with Crippen molar-refractivity contribution in [2.45, 2.75) is 50.0 Å². The summed E-state index contributed by atoms with van der Waals surface area (Å²) in [6.07, 6.45) is 3.95. The van der Waals surface area contributed by atoms with E-state index in [1.165, 1.54) is 11.6 Å². The molecule has 2 N–H and O–H groups in total. The van der Waals surface area contributed by atoms with Gasteiger partial charge in [-0.1, -0.05) is 12.1 Å². The molecule has 2 aromatic rings. The second-order valence-corrected chi connectivity index (χ2v) is 9.02. The Morgan fingerprint density at radius 1 is 1.03 bits per heavy atom. The van der Waals surface area contributed by atoms with E-state index in [2.05, 4.69) is 10.0 Å². The highest BCUT2D eigenvalue weighted by molar-refractivity contribution is 7.89. The van der Waals surface area contributed by atoms with Gasteiger partial charge in [-0.25, -0.2) is 21.9 Å². The number of fused-ring (bicyclic) bond motifs is 1. The fourth-order valence-corrected chi connectivity index (χ4v) is 4.52. The van der Waals surface area contributed by atoms with Gasteiger partial charge in [0.15, 0.2) is 11.6 Å². The van der Waals surface area contributed by atoms with Crippen molar-refractivity contribution in [1.29, 1.82) is 0 Å². The van der Waals surface area contributed by atoms with Crippen molar-refractivity contribution in [1.82, 2.24) is 10.0 Å². The van der Waals surface area contributed by atoms with Crippen LogP contribution < -0.4 is 10.0 Å². The highest BCUT2D eigenvalue weighted by Gasteiger charge is 2.18. The molecule has 1 atom stereocenters. The predicted octanol–water partition coefficient (Wildman–Crippen LogP) is 3.39. The molecule has 2 aromatic carbocycles. The lowest BCUT2D eigenvalue weighted by molar-refractivity contribution is -0.121. The molecule has 0 radical (unpaired) electrons. The lowest BCUT2D eigenvalue weighted by atomic mass is 9.92. The number of halogens is 2. The third-order valence-corrected chi connectivity index (χ3v) is 6.55. The van der Waals surface area contributed by atoms with E-state index < -0.39 is 33.6 Å². The molecule has 29 heavy (non-hydrogen) atoms. The molecule has 0 saturated carbocycles. The lowest BCUT2D eigenvalue weighted by Crippen LogP contribution is -2.32. The summed E-state index contributed by atoms with van der Waals surface area (Å²) in [5.41, 5.74) is 2.69. The summed E-state index contributed by atoms with van der Waals surface area (Å²) in [7, 11) is -3.70. The van der Waals surface area contributed by atoms with Crippen LogP contribution in [0.5, 0.6) is 0 Å². The first-order valence-corrected chi connectivity index (χ1v) is 11.1. The summed E-state index contributed by atoms with van der Waals surface area (Å²) >= 11 is 0. The maximum Gasteiger partial charge on any atom is 0.240 e. The number of benzene rings is 2. The first-order valence-electron chi connectivity index (χ1n) is 9.62. The summed E-state index contributed by atoms with van der Waals surface area (Å²) in [6.45, 7) is 1.58. The first-order chi connectivity index (χ1) is 13.8. The molecule has 1 unspecified atom stereocenters. The number of carbonyl (C=O) groups excluding carboxylic acids is 1. The molecular weight excluding hydrogens is 398 g/mol. The van der Waals surface area contributed by atoms with Gasteiger partial charge in [-0.15, -0.1) is 0 Å². The van der Waals surface area contributed by atoms with Gasteiger partial charge in [0.05, 0.1) is 10.9 Å². The molecule has 156 valence electrons. The largest absolute Gasteiger partial charge is 0.350 e. The van der Waals surface area contributed by atoms with Gasteiger partial charge in [-0.05, 0) is 73.6 Å². The van der Waals surface area contributed by atoms with Gasteiger partial charge in [-0.2, -0.15) is 0 Å². The van der Waals surface area contributed by atoms with Gasteiger partial charge in [-0.3, -0.25) is 4.79 Å². The Morgan fingerprint density at radius 2 is 1.76 bits per heavy atom. The van der Waals surface area contributed by atoms with Crippen LogP contribution >= 0.6 is 0 Å². The van der Waals surface area contributed by atoms with Crippen LogP contribution in [0.15, 0.2) is 41.3 Å². The van der Waals surface area contributed by atoms with Gasteiger partial charge >= 0.3 is 0 Å². The fourth-order valence-electron chi connectivity index (χ4n) is 3.44. The Labute approximate surface area is 169 Å². The SMILES string of the molecule is CC(NC(=O)CCNS(=O)(=O)c1ccc2c(c1)CCCC2)c1ccc(F)c(F)c1. The molecular formula is C21H24F2N2O3S. The molecule has 0 spiro atoms. The van der Waals surface area contributed by atoms with Gasteiger partial charge in [0.25, 0.3) is 0 Å². The van der Waals surface area contributed by atoms with E-state index in [0.29, 0.717) is 5.56 Å². The van der Waals surface area contributed by atoms with Crippen LogP contribution in [-0.2, 0) is 27.7 Å². The highest BCUT2D eigenvalue weighted by atomic mass is 32.2. The second-order valence-electron chi connectivity index (χ2n) is 7.25. The van der Waals surface area contributed by atoms with Crippen molar-refractivity contribution < 1.29 is 22.0 Å². The zero-order chi connectivity index (χ0) is 21.0. The van der Waals surface area contributed by atoms with Crippen molar-refractivity contribution in [3.63, 3.8) is 0 Å². The van der Waals surface area contributed by atoms with Gasteiger partial charge in [0.1, 0.15) is 0 Å². The quantitative estimate of drug-likeness (QED) is 0.718. The number of sulfonamides is 1. The van der Waals surface area contributed by atoms with Crippen LogP contribution in [0.25, 0.3) is 0 Å². The average Bonchev–Trinajstić information content (AvgIpc) is 2.69. The Bertz CT molecular complexity index is 1010. The van der Waals surface area contributed by atoms with Gasteiger partial charge in [0.2, 0.25) is 15.9 Å². The van der Waals surface area contributed by atoms with Crippen LogP contribution in [0.4, 0.5) is 8.78 Å². The molecule has 0 bridgehead atoms. The van der Waals surface area contributed by atoms with Crippen molar-refractivity contribution in [2.75, 3.05) is 6.54 Å². The standard InChI is InChI=1S/C21H24F2N2O3S/c1-14(16-7-9-19(22)20(23)13-16)25-21(26)10-11-24-29(27,28)18-8-6-15-4-2-3-5-17(15)12-18/h6-9,12-14,24H,2-5,10-11H2,1H3,(H,25,26). The predicted molar refractivity (Wildman–Crippen MR) is 106 cm³/mol. The highest BCUT2D eigenvalue weighted by Crippen LogP contribution is 2.24. The van der Waals surface area contributed by atoms with Crippen LogP contribution in [-0.4, -0.2) is 20.9 Å². The Hall–Kier alpha value is -2.32. The summed E-state index contributed by atoms with van der Waals surface area (Å²) < 4.78 is 53.8. The van der Waals surface area contributed by atoms with Crippen LogP contribution in [0.3, 0.4) is 0 Å². The van der Waals surface area contributed by atoms with Crippen molar-refractivity contribution in [3.8, 4) is 0 Å². The van der Waals surface area contributed by atoms with E-state index >= 15 is 0 Å². The summed E-state index contributed by atoms with van der Waals surface area (Å²) in [5.74, 6) is -2.33.